The number of hydrogen-bond donors (Lipinski definition) is 2. The number of nitrogens with zero attached hydrogens (tertiary/aromatic N) is 2. The first kappa shape index (κ1) is 20.0. The molecule has 2 aromatic heterocycles. The fourth-order valence-corrected chi connectivity index (χ4v) is 3.31. The number of unbranched alkanes of at least 4 members (excludes halogenated alkanes) is 2. The van der Waals surface area contributed by atoms with Crippen molar-refractivity contribution in [2.24, 2.45) is 7.05 Å². The Balaban J connectivity index is 2.01. The van der Waals surface area contributed by atoms with E-state index in [1.54, 1.807) is 11.4 Å². The molecule has 0 bridgehead atoms. The molecule has 0 spiro atoms. The smallest absolute Gasteiger partial charge is 0.435 e. The standard InChI is InChI=1S/C16H18F3N3O3S/c1-22-9-10(14(21-22)16(17,18)19)15(25)20-11-7-8-26-12(11)5-3-2-4-6-13(23)24/h7-9H,2-6H2,1H3,(H,20,25)(H,23,24). The molecule has 2 N–H and O–H groups in total. The molecule has 0 unspecified atom stereocenters. The van der Waals surface area contributed by atoms with Gasteiger partial charge in [0.05, 0.1) is 11.3 Å². The molecule has 0 aromatic carbocycles. The molecule has 0 saturated carbocycles. The van der Waals surface area contributed by atoms with Crippen LogP contribution in [0.2, 0.25) is 0 Å². The predicted octanol–water partition coefficient (Wildman–Crippen LogP) is 3.94. The Morgan fingerprint density at radius 2 is 2.04 bits per heavy atom. The Bertz CT molecular complexity index is 783. The number of nitrogens with one attached hydrogen (secondary N) is 1. The molecule has 2 rings (SSSR count). The second-order valence-electron chi connectivity index (χ2n) is 5.73. The summed E-state index contributed by atoms with van der Waals surface area (Å²) in [5.41, 5.74) is -1.28. The van der Waals surface area contributed by atoms with Crippen molar-refractivity contribution in [3.05, 3.63) is 33.8 Å². The SMILES string of the molecule is Cn1cc(C(=O)Nc2ccsc2CCCCCC(=O)O)c(C(F)(F)F)n1. The Kier molecular flexibility index (Phi) is 6.41. The number of amides is 1. The number of carbonyl (C=O) groups is 2. The van der Waals surface area contributed by atoms with Gasteiger partial charge >= 0.3 is 12.1 Å². The van der Waals surface area contributed by atoms with E-state index in [0.29, 0.717) is 18.5 Å². The van der Waals surface area contributed by atoms with Crippen molar-refractivity contribution in [1.29, 1.82) is 0 Å². The fraction of sp³-hybridized carbons (Fsp3) is 0.438. The largest absolute Gasteiger partial charge is 0.481 e. The quantitative estimate of drug-likeness (QED) is 0.670. The molecule has 0 aliphatic carbocycles. The second kappa shape index (κ2) is 8.35. The highest BCUT2D eigenvalue weighted by molar-refractivity contribution is 7.10. The number of carboxylic acids is 1. The normalized spacial score (nSPS) is 11.5. The topological polar surface area (TPSA) is 84.2 Å². The highest BCUT2D eigenvalue weighted by Crippen LogP contribution is 2.31. The van der Waals surface area contributed by atoms with Crippen LogP contribution in [0.3, 0.4) is 0 Å². The summed E-state index contributed by atoms with van der Waals surface area (Å²) in [6.45, 7) is 0. The number of halogens is 3. The van der Waals surface area contributed by atoms with E-state index in [2.05, 4.69) is 10.4 Å². The van der Waals surface area contributed by atoms with Crippen LogP contribution in [0.4, 0.5) is 18.9 Å². The van der Waals surface area contributed by atoms with Crippen LogP contribution >= 0.6 is 11.3 Å². The van der Waals surface area contributed by atoms with Crippen LogP contribution in [0.5, 0.6) is 0 Å². The number of carbonyl (C=O) groups excluding carboxylic acids is 1. The summed E-state index contributed by atoms with van der Waals surface area (Å²) in [4.78, 5) is 23.6. The second-order valence-corrected chi connectivity index (χ2v) is 6.73. The molecular formula is C16H18F3N3O3S. The van der Waals surface area contributed by atoms with Gasteiger partial charge in [0.1, 0.15) is 0 Å². The Labute approximate surface area is 151 Å². The molecular weight excluding hydrogens is 371 g/mol. The summed E-state index contributed by atoms with van der Waals surface area (Å²) in [5.74, 6) is -1.71. The highest BCUT2D eigenvalue weighted by atomic mass is 32.1. The molecule has 0 radical (unpaired) electrons. The Hall–Kier alpha value is -2.36. The van der Waals surface area contributed by atoms with E-state index in [1.165, 1.54) is 18.4 Å². The minimum absolute atomic E-state index is 0.106. The van der Waals surface area contributed by atoms with E-state index in [9.17, 15) is 22.8 Å². The predicted molar refractivity (Wildman–Crippen MR) is 90.3 cm³/mol. The molecule has 0 aliphatic rings. The first-order chi connectivity index (χ1) is 12.2. The van der Waals surface area contributed by atoms with E-state index in [4.69, 9.17) is 5.11 Å². The van der Waals surface area contributed by atoms with Crippen LogP contribution in [0.15, 0.2) is 17.6 Å². The molecule has 2 aromatic rings. The van der Waals surface area contributed by atoms with Gasteiger partial charge in [-0.3, -0.25) is 14.3 Å². The number of thiophene rings is 1. The van der Waals surface area contributed by atoms with Gasteiger partial charge in [-0.1, -0.05) is 6.42 Å². The van der Waals surface area contributed by atoms with Crippen molar-refractivity contribution >= 4 is 28.9 Å². The van der Waals surface area contributed by atoms with Crippen molar-refractivity contribution in [1.82, 2.24) is 9.78 Å². The number of hydrogen-bond acceptors (Lipinski definition) is 4. The number of alkyl halides is 3. The molecule has 142 valence electrons. The minimum atomic E-state index is -4.71. The van der Waals surface area contributed by atoms with Crippen LogP contribution in [0, 0.1) is 0 Å². The number of carboxylic acid groups (broad SMARTS) is 1. The van der Waals surface area contributed by atoms with Gasteiger partial charge in [-0.15, -0.1) is 11.3 Å². The van der Waals surface area contributed by atoms with Gasteiger partial charge in [-0.05, 0) is 30.7 Å². The summed E-state index contributed by atoms with van der Waals surface area (Å²) in [7, 11) is 1.32. The van der Waals surface area contributed by atoms with Gasteiger partial charge < -0.3 is 10.4 Å². The highest BCUT2D eigenvalue weighted by Gasteiger charge is 2.39. The van der Waals surface area contributed by atoms with Crippen molar-refractivity contribution in [2.45, 2.75) is 38.3 Å². The number of aromatic nitrogens is 2. The van der Waals surface area contributed by atoms with Crippen LogP contribution in [-0.2, 0) is 24.4 Å². The maximum Gasteiger partial charge on any atom is 0.435 e. The number of aliphatic carboxylic acids is 1. The lowest BCUT2D eigenvalue weighted by atomic mass is 10.1. The minimum Gasteiger partial charge on any atom is -0.481 e. The molecule has 26 heavy (non-hydrogen) atoms. The number of aryl methyl sites for hydroxylation is 2. The van der Waals surface area contributed by atoms with Crippen LogP contribution in [0.1, 0.15) is 46.6 Å². The third kappa shape index (κ3) is 5.32. The molecule has 0 atom stereocenters. The first-order valence-corrected chi connectivity index (χ1v) is 8.77. The Morgan fingerprint density at radius 3 is 2.69 bits per heavy atom. The maximum atomic E-state index is 13.0. The lowest BCUT2D eigenvalue weighted by molar-refractivity contribution is -0.141. The van der Waals surface area contributed by atoms with Gasteiger partial charge in [0.2, 0.25) is 0 Å². The lowest BCUT2D eigenvalue weighted by Gasteiger charge is -2.08. The molecule has 10 heteroatoms. The zero-order valence-corrected chi connectivity index (χ0v) is 14.8. The summed E-state index contributed by atoms with van der Waals surface area (Å²) in [6, 6.07) is 1.64. The summed E-state index contributed by atoms with van der Waals surface area (Å²) >= 11 is 1.39. The Morgan fingerprint density at radius 1 is 1.31 bits per heavy atom. The van der Waals surface area contributed by atoms with Gasteiger partial charge in [0.15, 0.2) is 5.69 Å². The summed E-state index contributed by atoms with van der Waals surface area (Å²) < 4.78 is 39.9. The van der Waals surface area contributed by atoms with Crippen LogP contribution in [0.25, 0.3) is 0 Å². The van der Waals surface area contributed by atoms with E-state index in [-0.39, 0.29) is 6.42 Å². The van der Waals surface area contributed by atoms with Gasteiger partial charge in [0, 0.05) is 24.5 Å². The average molecular weight is 389 g/mol. The molecule has 0 fully saturated rings. The van der Waals surface area contributed by atoms with Crippen molar-refractivity contribution in [2.75, 3.05) is 5.32 Å². The third-order valence-electron chi connectivity index (χ3n) is 3.63. The van der Waals surface area contributed by atoms with Crippen molar-refractivity contribution in [3.8, 4) is 0 Å². The van der Waals surface area contributed by atoms with Gasteiger partial charge in [-0.25, -0.2) is 0 Å². The number of rotatable bonds is 8. The lowest BCUT2D eigenvalue weighted by Crippen LogP contribution is -2.18. The van der Waals surface area contributed by atoms with Crippen LogP contribution in [-0.4, -0.2) is 26.8 Å². The van der Waals surface area contributed by atoms with Crippen molar-refractivity contribution < 1.29 is 27.9 Å². The molecule has 6 nitrogen and oxygen atoms in total. The van der Waals surface area contributed by atoms with Gasteiger partial charge in [-0.2, -0.15) is 18.3 Å². The third-order valence-corrected chi connectivity index (χ3v) is 4.61. The van der Waals surface area contributed by atoms with Crippen molar-refractivity contribution in [3.63, 3.8) is 0 Å². The zero-order valence-electron chi connectivity index (χ0n) is 14.0. The monoisotopic (exact) mass is 389 g/mol. The van der Waals surface area contributed by atoms with E-state index >= 15 is 0 Å². The molecule has 0 aliphatic heterocycles. The van der Waals surface area contributed by atoms with E-state index < -0.39 is 29.3 Å². The van der Waals surface area contributed by atoms with E-state index in [1.807, 2.05) is 0 Å². The van der Waals surface area contributed by atoms with Crippen LogP contribution < -0.4 is 5.32 Å². The van der Waals surface area contributed by atoms with Gasteiger partial charge in [0.25, 0.3) is 5.91 Å². The summed E-state index contributed by atoms with van der Waals surface area (Å²) in [5, 5.41) is 16.2. The maximum absolute atomic E-state index is 13.0. The molecule has 2 heterocycles. The average Bonchev–Trinajstić information content (AvgIpc) is 3.13. The molecule has 0 saturated heterocycles. The summed E-state index contributed by atoms with van der Waals surface area (Å²) in [6.07, 6.45) is -0.935. The van der Waals surface area contributed by atoms with E-state index in [0.717, 1.165) is 28.6 Å². The zero-order chi connectivity index (χ0) is 19.3. The first-order valence-electron chi connectivity index (χ1n) is 7.89. The fourth-order valence-electron chi connectivity index (χ4n) is 2.44. The molecule has 1 amide bonds. The number of anilines is 1.